The fourth-order valence-electron chi connectivity index (χ4n) is 2.27. The summed E-state index contributed by atoms with van der Waals surface area (Å²) in [5.41, 5.74) is 2.10. The average molecular weight is 374 g/mol. The summed E-state index contributed by atoms with van der Waals surface area (Å²) >= 11 is 6.08. The summed E-state index contributed by atoms with van der Waals surface area (Å²) in [6.45, 7) is 0.611. The fraction of sp³-hybridized carbons (Fsp3) is 0.167. The SMILES string of the molecule is OCCCNc1nc(Nc2ccc(F)cc2Cl)cc(-c2ccncc2)n1. The van der Waals surface area contributed by atoms with Crippen molar-refractivity contribution in [1.29, 1.82) is 0 Å². The van der Waals surface area contributed by atoms with Crippen LogP contribution in [0.25, 0.3) is 11.3 Å². The van der Waals surface area contributed by atoms with E-state index in [1.54, 1.807) is 24.5 Å². The van der Waals surface area contributed by atoms with E-state index >= 15 is 0 Å². The maximum absolute atomic E-state index is 13.2. The first-order chi connectivity index (χ1) is 12.7. The lowest BCUT2D eigenvalue weighted by Gasteiger charge is -2.12. The molecule has 2 aromatic heterocycles. The Balaban J connectivity index is 1.93. The molecule has 0 unspecified atom stereocenters. The number of hydrogen-bond acceptors (Lipinski definition) is 6. The quantitative estimate of drug-likeness (QED) is 0.545. The van der Waals surface area contributed by atoms with E-state index in [9.17, 15) is 4.39 Å². The number of aromatic nitrogens is 3. The van der Waals surface area contributed by atoms with Crippen molar-refractivity contribution in [2.75, 3.05) is 23.8 Å². The van der Waals surface area contributed by atoms with Gasteiger partial charge >= 0.3 is 0 Å². The summed E-state index contributed by atoms with van der Waals surface area (Å²) in [5, 5.41) is 15.3. The van der Waals surface area contributed by atoms with Crippen molar-refractivity contribution in [1.82, 2.24) is 15.0 Å². The van der Waals surface area contributed by atoms with E-state index < -0.39 is 5.82 Å². The first-order valence-corrected chi connectivity index (χ1v) is 8.40. The lowest BCUT2D eigenvalue weighted by Crippen LogP contribution is -2.08. The second kappa shape index (κ2) is 8.55. The van der Waals surface area contributed by atoms with E-state index in [1.807, 2.05) is 12.1 Å². The molecule has 0 aliphatic rings. The van der Waals surface area contributed by atoms with Crippen LogP contribution in [0.2, 0.25) is 5.02 Å². The molecule has 0 saturated heterocycles. The van der Waals surface area contributed by atoms with Crippen molar-refractivity contribution in [3.8, 4) is 11.3 Å². The maximum atomic E-state index is 13.2. The van der Waals surface area contributed by atoms with Crippen LogP contribution in [0.5, 0.6) is 0 Å². The topological polar surface area (TPSA) is 83.0 Å². The van der Waals surface area contributed by atoms with Gasteiger partial charge in [-0.25, -0.2) is 9.37 Å². The normalized spacial score (nSPS) is 10.6. The molecule has 0 aliphatic carbocycles. The van der Waals surface area contributed by atoms with Gasteiger partial charge in [-0.2, -0.15) is 4.98 Å². The highest BCUT2D eigenvalue weighted by atomic mass is 35.5. The zero-order valence-electron chi connectivity index (χ0n) is 13.8. The summed E-state index contributed by atoms with van der Waals surface area (Å²) in [6.07, 6.45) is 3.94. The van der Waals surface area contributed by atoms with E-state index in [-0.39, 0.29) is 11.6 Å². The van der Waals surface area contributed by atoms with E-state index in [1.165, 1.54) is 12.1 Å². The van der Waals surface area contributed by atoms with E-state index in [4.69, 9.17) is 16.7 Å². The number of nitrogens with one attached hydrogen (secondary N) is 2. The molecule has 0 fully saturated rings. The van der Waals surface area contributed by atoms with Crippen LogP contribution in [-0.2, 0) is 0 Å². The van der Waals surface area contributed by atoms with E-state index in [2.05, 4.69) is 25.6 Å². The number of benzene rings is 1. The first kappa shape index (κ1) is 18.0. The Morgan fingerprint density at radius 3 is 2.62 bits per heavy atom. The molecule has 0 spiro atoms. The van der Waals surface area contributed by atoms with Crippen LogP contribution >= 0.6 is 11.6 Å². The highest BCUT2D eigenvalue weighted by Gasteiger charge is 2.09. The van der Waals surface area contributed by atoms with Gasteiger partial charge in [0.2, 0.25) is 5.95 Å². The van der Waals surface area contributed by atoms with Crippen molar-refractivity contribution in [2.45, 2.75) is 6.42 Å². The molecule has 26 heavy (non-hydrogen) atoms. The van der Waals surface area contributed by atoms with E-state index in [0.717, 1.165) is 5.56 Å². The van der Waals surface area contributed by atoms with Crippen molar-refractivity contribution in [3.63, 3.8) is 0 Å². The minimum atomic E-state index is -0.410. The molecule has 0 amide bonds. The standard InChI is InChI=1S/C18H17ClFN5O/c19-14-10-13(20)2-3-15(14)23-17-11-16(12-4-7-21-8-5-12)24-18(25-17)22-6-1-9-26/h2-5,7-8,10-11,26H,1,6,9H2,(H2,22,23,24,25). The predicted octanol–water partition coefficient (Wildman–Crippen LogP) is 3.87. The van der Waals surface area contributed by atoms with Crippen molar-refractivity contribution in [2.24, 2.45) is 0 Å². The van der Waals surface area contributed by atoms with Gasteiger partial charge in [-0.1, -0.05) is 11.6 Å². The number of anilines is 3. The summed E-state index contributed by atoms with van der Waals surface area (Å²) in [5.74, 6) is 0.507. The van der Waals surface area contributed by atoms with Gasteiger partial charge in [-0.15, -0.1) is 0 Å². The van der Waals surface area contributed by atoms with Crippen LogP contribution in [0, 0.1) is 5.82 Å². The van der Waals surface area contributed by atoms with Gasteiger partial charge in [0.25, 0.3) is 0 Å². The Morgan fingerprint density at radius 1 is 1.08 bits per heavy atom. The highest BCUT2D eigenvalue weighted by molar-refractivity contribution is 6.33. The first-order valence-electron chi connectivity index (χ1n) is 8.02. The van der Waals surface area contributed by atoms with Crippen molar-refractivity contribution < 1.29 is 9.50 Å². The smallest absolute Gasteiger partial charge is 0.225 e. The van der Waals surface area contributed by atoms with Gasteiger partial charge in [-0.05, 0) is 36.8 Å². The zero-order chi connectivity index (χ0) is 18.4. The van der Waals surface area contributed by atoms with Gasteiger partial charge in [-0.3, -0.25) is 4.98 Å². The number of rotatable bonds is 7. The lowest BCUT2D eigenvalue weighted by atomic mass is 10.2. The van der Waals surface area contributed by atoms with Crippen LogP contribution in [0.15, 0.2) is 48.8 Å². The molecule has 1 aromatic carbocycles. The van der Waals surface area contributed by atoms with Crippen molar-refractivity contribution in [3.05, 3.63) is 59.6 Å². The van der Waals surface area contributed by atoms with Crippen LogP contribution in [-0.4, -0.2) is 33.2 Å². The Hall–Kier alpha value is -2.77. The third kappa shape index (κ3) is 4.65. The molecule has 3 aromatic rings. The third-order valence-electron chi connectivity index (χ3n) is 3.51. The predicted molar refractivity (Wildman–Crippen MR) is 100 cm³/mol. The Kier molecular flexibility index (Phi) is 5.93. The number of halogens is 2. The van der Waals surface area contributed by atoms with Gasteiger partial charge < -0.3 is 15.7 Å². The van der Waals surface area contributed by atoms with E-state index in [0.29, 0.717) is 36.1 Å². The largest absolute Gasteiger partial charge is 0.396 e. The lowest BCUT2D eigenvalue weighted by molar-refractivity contribution is 0.292. The molecule has 0 aliphatic heterocycles. The zero-order valence-corrected chi connectivity index (χ0v) is 14.5. The average Bonchev–Trinajstić information content (AvgIpc) is 2.65. The molecule has 3 N–H and O–H groups in total. The number of nitrogens with zero attached hydrogens (tertiary/aromatic N) is 3. The van der Waals surface area contributed by atoms with Gasteiger partial charge in [0.1, 0.15) is 11.6 Å². The van der Waals surface area contributed by atoms with Gasteiger partial charge in [0, 0.05) is 37.2 Å². The maximum Gasteiger partial charge on any atom is 0.225 e. The number of pyridine rings is 1. The van der Waals surface area contributed by atoms with Crippen LogP contribution in [0.4, 0.5) is 21.8 Å². The molecular formula is C18H17ClFN5O. The summed E-state index contributed by atoms with van der Waals surface area (Å²) in [7, 11) is 0. The molecule has 0 saturated carbocycles. The summed E-state index contributed by atoms with van der Waals surface area (Å²) < 4.78 is 13.2. The Bertz CT molecular complexity index is 879. The molecule has 0 atom stereocenters. The summed E-state index contributed by atoms with van der Waals surface area (Å²) in [4.78, 5) is 12.9. The molecule has 6 nitrogen and oxygen atoms in total. The number of aliphatic hydroxyl groups excluding tert-OH is 1. The Morgan fingerprint density at radius 2 is 1.88 bits per heavy atom. The molecule has 3 rings (SSSR count). The minimum absolute atomic E-state index is 0.0767. The molecular weight excluding hydrogens is 357 g/mol. The monoisotopic (exact) mass is 373 g/mol. The van der Waals surface area contributed by atoms with Gasteiger partial charge in [0.15, 0.2) is 0 Å². The number of hydrogen-bond donors (Lipinski definition) is 3. The second-order valence-electron chi connectivity index (χ2n) is 5.45. The molecule has 8 heteroatoms. The second-order valence-corrected chi connectivity index (χ2v) is 5.86. The summed E-state index contributed by atoms with van der Waals surface area (Å²) in [6, 6.07) is 9.55. The molecule has 0 radical (unpaired) electrons. The van der Waals surface area contributed by atoms with Crippen molar-refractivity contribution >= 4 is 29.1 Å². The Labute approximate surface area is 155 Å². The molecule has 0 bridgehead atoms. The van der Waals surface area contributed by atoms with Crippen LogP contribution in [0.1, 0.15) is 6.42 Å². The minimum Gasteiger partial charge on any atom is -0.396 e. The number of aliphatic hydroxyl groups is 1. The fourth-order valence-corrected chi connectivity index (χ4v) is 2.48. The van der Waals surface area contributed by atoms with Crippen LogP contribution in [0.3, 0.4) is 0 Å². The molecule has 134 valence electrons. The van der Waals surface area contributed by atoms with Crippen LogP contribution < -0.4 is 10.6 Å². The molecule has 2 heterocycles. The highest BCUT2D eigenvalue weighted by Crippen LogP contribution is 2.28. The third-order valence-corrected chi connectivity index (χ3v) is 3.83. The van der Waals surface area contributed by atoms with Gasteiger partial charge in [0.05, 0.1) is 16.4 Å².